The molecule has 1 aliphatic rings. The van der Waals surface area contributed by atoms with Crippen LogP contribution in [0.1, 0.15) is 12.7 Å². The predicted molar refractivity (Wildman–Crippen MR) is 68.2 cm³/mol. The molecule has 2 heterocycles. The van der Waals surface area contributed by atoms with Gasteiger partial charge in [0, 0.05) is 30.7 Å². The van der Waals surface area contributed by atoms with Crippen LogP contribution in [0.2, 0.25) is 0 Å². The fraction of sp³-hybridized carbons (Fsp3) is 0.636. The van der Waals surface area contributed by atoms with E-state index in [0.717, 1.165) is 24.6 Å². The van der Waals surface area contributed by atoms with Gasteiger partial charge in [-0.25, -0.2) is 0 Å². The number of nitrogens with zero attached hydrogens (tertiary/aromatic N) is 2. The lowest BCUT2D eigenvalue weighted by Crippen LogP contribution is -2.46. The van der Waals surface area contributed by atoms with E-state index in [9.17, 15) is 4.79 Å². The number of hydrogen-bond donors (Lipinski definition) is 1. The van der Waals surface area contributed by atoms with Crippen LogP contribution in [0.5, 0.6) is 0 Å². The zero-order chi connectivity index (χ0) is 12.3. The van der Waals surface area contributed by atoms with Gasteiger partial charge in [0.25, 0.3) is 0 Å². The van der Waals surface area contributed by atoms with Crippen LogP contribution in [-0.4, -0.2) is 46.6 Å². The van der Waals surface area contributed by atoms with Crippen molar-refractivity contribution in [3.8, 4) is 0 Å². The van der Waals surface area contributed by atoms with Crippen molar-refractivity contribution in [2.45, 2.75) is 19.9 Å². The van der Waals surface area contributed by atoms with Crippen molar-refractivity contribution in [3.05, 3.63) is 11.8 Å². The topological polar surface area (TPSA) is 58.4 Å². The molecule has 6 heteroatoms. The average Bonchev–Trinajstić information content (AvgIpc) is 2.75. The number of carbonyl (C=O) groups is 1. The van der Waals surface area contributed by atoms with Gasteiger partial charge in [0.1, 0.15) is 5.76 Å². The highest BCUT2D eigenvalue weighted by atomic mass is 32.2. The van der Waals surface area contributed by atoms with E-state index in [1.54, 1.807) is 13.0 Å². The molecule has 17 heavy (non-hydrogen) atoms. The van der Waals surface area contributed by atoms with Crippen molar-refractivity contribution in [2.75, 3.05) is 29.9 Å². The van der Waals surface area contributed by atoms with Crippen molar-refractivity contribution >= 4 is 23.5 Å². The summed E-state index contributed by atoms with van der Waals surface area (Å²) in [5.41, 5.74) is 0. The van der Waals surface area contributed by atoms with Gasteiger partial charge in [-0.1, -0.05) is 5.16 Å². The zero-order valence-corrected chi connectivity index (χ0v) is 10.9. The van der Waals surface area contributed by atoms with Crippen molar-refractivity contribution < 1.29 is 9.32 Å². The number of nitrogens with one attached hydrogen (secondary N) is 1. The van der Waals surface area contributed by atoms with Gasteiger partial charge in [-0.2, -0.15) is 11.8 Å². The first-order valence-electron chi connectivity index (χ1n) is 5.73. The van der Waals surface area contributed by atoms with Crippen LogP contribution in [-0.2, 0) is 4.79 Å². The molecule has 1 aliphatic heterocycles. The number of amides is 1. The number of carbonyl (C=O) groups excluding carboxylic acids is 1. The number of hydrogen-bond acceptors (Lipinski definition) is 5. The van der Waals surface area contributed by atoms with E-state index in [-0.39, 0.29) is 11.9 Å². The standard InChI is InChI=1S/C11H17N3O2S/c1-8-7-10(13-16-8)12-11(15)9(2)14-3-5-17-6-4-14/h7,9H,3-6H2,1-2H3,(H,12,13,15)/t9-/m0/s1. The lowest BCUT2D eigenvalue weighted by molar-refractivity contribution is -0.120. The second kappa shape index (κ2) is 5.55. The molecule has 0 bridgehead atoms. The van der Waals surface area contributed by atoms with Crippen molar-refractivity contribution in [2.24, 2.45) is 0 Å². The van der Waals surface area contributed by atoms with Crippen molar-refractivity contribution in [1.29, 1.82) is 0 Å². The summed E-state index contributed by atoms with van der Waals surface area (Å²) in [4.78, 5) is 14.2. The summed E-state index contributed by atoms with van der Waals surface area (Å²) in [7, 11) is 0. The monoisotopic (exact) mass is 255 g/mol. The quantitative estimate of drug-likeness (QED) is 0.883. The molecular formula is C11H17N3O2S. The van der Waals surface area contributed by atoms with Crippen molar-refractivity contribution in [1.82, 2.24) is 10.1 Å². The van der Waals surface area contributed by atoms with Gasteiger partial charge in [0.15, 0.2) is 5.82 Å². The van der Waals surface area contributed by atoms with Gasteiger partial charge in [-0.15, -0.1) is 0 Å². The molecule has 1 aromatic heterocycles. The number of rotatable bonds is 3. The first-order chi connectivity index (χ1) is 8.16. The zero-order valence-electron chi connectivity index (χ0n) is 10.1. The fourth-order valence-electron chi connectivity index (χ4n) is 1.79. The summed E-state index contributed by atoms with van der Waals surface area (Å²) in [6, 6.07) is 1.60. The fourth-order valence-corrected chi connectivity index (χ4v) is 2.72. The Morgan fingerprint density at radius 1 is 1.59 bits per heavy atom. The Labute approximate surface area is 105 Å². The molecule has 0 aromatic carbocycles. The van der Waals surface area contributed by atoms with E-state index in [2.05, 4.69) is 15.4 Å². The van der Waals surface area contributed by atoms with Gasteiger partial charge in [-0.05, 0) is 13.8 Å². The predicted octanol–water partition coefficient (Wildman–Crippen LogP) is 1.36. The van der Waals surface area contributed by atoms with Crippen LogP contribution < -0.4 is 5.32 Å². The Morgan fingerprint density at radius 3 is 2.88 bits per heavy atom. The Hall–Kier alpha value is -1.01. The van der Waals surface area contributed by atoms with Crippen LogP contribution in [0.4, 0.5) is 5.82 Å². The molecule has 1 saturated heterocycles. The maximum absolute atomic E-state index is 12.0. The van der Waals surface area contributed by atoms with E-state index < -0.39 is 0 Å². The van der Waals surface area contributed by atoms with Gasteiger partial charge in [0.2, 0.25) is 5.91 Å². The molecule has 0 aliphatic carbocycles. The summed E-state index contributed by atoms with van der Waals surface area (Å²) in [5, 5.41) is 6.52. The highest BCUT2D eigenvalue weighted by Crippen LogP contribution is 2.14. The molecule has 1 fully saturated rings. The minimum absolute atomic E-state index is 0.0230. The summed E-state index contributed by atoms with van der Waals surface area (Å²) in [6.45, 7) is 5.67. The number of anilines is 1. The number of thioether (sulfide) groups is 1. The molecule has 5 nitrogen and oxygen atoms in total. The molecule has 1 atom stereocenters. The molecule has 0 spiro atoms. The lowest BCUT2D eigenvalue weighted by Gasteiger charge is -2.30. The minimum atomic E-state index is -0.118. The first kappa shape index (κ1) is 12.4. The average molecular weight is 255 g/mol. The van der Waals surface area contributed by atoms with Crippen LogP contribution in [0, 0.1) is 6.92 Å². The van der Waals surface area contributed by atoms with Crippen LogP contribution in [0.25, 0.3) is 0 Å². The number of aryl methyl sites for hydroxylation is 1. The third-order valence-corrected chi connectivity index (χ3v) is 3.79. The summed E-state index contributed by atoms with van der Waals surface area (Å²) < 4.78 is 4.91. The SMILES string of the molecule is Cc1cc(NC(=O)[C@H](C)N2CCSCC2)no1. The van der Waals surface area contributed by atoms with E-state index in [1.807, 2.05) is 18.7 Å². The lowest BCUT2D eigenvalue weighted by atomic mass is 10.2. The maximum Gasteiger partial charge on any atom is 0.242 e. The summed E-state index contributed by atoms with van der Waals surface area (Å²) in [5.74, 6) is 3.36. The molecule has 1 aromatic rings. The highest BCUT2D eigenvalue weighted by molar-refractivity contribution is 7.99. The minimum Gasteiger partial charge on any atom is -0.360 e. The molecular weight excluding hydrogens is 238 g/mol. The molecule has 94 valence electrons. The molecule has 1 N–H and O–H groups in total. The van der Waals surface area contributed by atoms with E-state index in [1.165, 1.54) is 0 Å². The molecule has 0 saturated carbocycles. The van der Waals surface area contributed by atoms with Gasteiger partial charge >= 0.3 is 0 Å². The van der Waals surface area contributed by atoms with Crippen LogP contribution in [0.15, 0.2) is 10.6 Å². The second-order valence-electron chi connectivity index (χ2n) is 4.14. The van der Waals surface area contributed by atoms with Crippen LogP contribution in [0.3, 0.4) is 0 Å². The molecule has 2 rings (SSSR count). The molecule has 0 radical (unpaired) electrons. The van der Waals surface area contributed by atoms with E-state index >= 15 is 0 Å². The largest absolute Gasteiger partial charge is 0.360 e. The summed E-state index contributed by atoms with van der Waals surface area (Å²) in [6.07, 6.45) is 0. The molecule has 0 unspecified atom stereocenters. The maximum atomic E-state index is 12.0. The Kier molecular flexibility index (Phi) is 4.06. The highest BCUT2D eigenvalue weighted by Gasteiger charge is 2.23. The second-order valence-corrected chi connectivity index (χ2v) is 5.36. The van der Waals surface area contributed by atoms with Crippen molar-refractivity contribution in [3.63, 3.8) is 0 Å². The first-order valence-corrected chi connectivity index (χ1v) is 6.88. The smallest absolute Gasteiger partial charge is 0.242 e. The number of aromatic nitrogens is 1. The van der Waals surface area contributed by atoms with E-state index in [4.69, 9.17) is 4.52 Å². The van der Waals surface area contributed by atoms with Gasteiger partial charge in [-0.3, -0.25) is 9.69 Å². The van der Waals surface area contributed by atoms with Crippen LogP contribution >= 0.6 is 11.8 Å². The Morgan fingerprint density at radius 2 is 2.29 bits per heavy atom. The Balaban J connectivity index is 1.90. The third kappa shape index (κ3) is 3.23. The van der Waals surface area contributed by atoms with Gasteiger partial charge in [0.05, 0.1) is 6.04 Å². The van der Waals surface area contributed by atoms with Gasteiger partial charge < -0.3 is 9.84 Å². The third-order valence-electron chi connectivity index (χ3n) is 2.85. The molecule has 1 amide bonds. The summed E-state index contributed by atoms with van der Waals surface area (Å²) >= 11 is 1.93. The normalized spacial score (nSPS) is 18.9. The Bertz CT molecular complexity index is 388. The van der Waals surface area contributed by atoms with E-state index in [0.29, 0.717) is 11.6 Å².